The van der Waals surface area contributed by atoms with Gasteiger partial charge in [0.1, 0.15) is 0 Å². The standard InChI is InChI=1S/C15H20ClN3O2/c16-14-3-1-13(2-4-14)5-6-17-15(21)19-9-7-18(8-10-19)11-12-20/h1-6,20H,7-12H2,(H,17,21)/b6-5+. The fourth-order valence-electron chi connectivity index (χ4n) is 2.19. The largest absolute Gasteiger partial charge is 0.395 e. The molecule has 2 amide bonds. The lowest BCUT2D eigenvalue weighted by Gasteiger charge is -2.33. The summed E-state index contributed by atoms with van der Waals surface area (Å²) in [7, 11) is 0. The number of hydrogen-bond acceptors (Lipinski definition) is 3. The van der Waals surface area contributed by atoms with Gasteiger partial charge in [-0.15, -0.1) is 0 Å². The van der Waals surface area contributed by atoms with Crippen LogP contribution < -0.4 is 5.32 Å². The molecule has 21 heavy (non-hydrogen) atoms. The Morgan fingerprint density at radius 2 is 1.90 bits per heavy atom. The molecule has 1 aliphatic rings. The highest BCUT2D eigenvalue weighted by Gasteiger charge is 2.19. The van der Waals surface area contributed by atoms with Gasteiger partial charge in [-0.05, 0) is 23.8 Å². The Morgan fingerprint density at radius 3 is 2.52 bits per heavy atom. The van der Waals surface area contributed by atoms with Crippen molar-refractivity contribution in [1.29, 1.82) is 0 Å². The molecule has 6 heteroatoms. The average molecular weight is 310 g/mol. The first-order chi connectivity index (χ1) is 10.2. The number of carbonyl (C=O) groups excluding carboxylic acids is 1. The Labute approximate surface area is 129 Å². The summed E-state index contributed by atoms with van der Waals surface area (Å²) in [6, 6.07) is 7.30. The maximum atomic E-state index is 12.0. The van der Waals surface area contributed by atoms with E-state index in [9.17, 15) is 4.79 Å². The van der Waals surface area contributed by atoms with Gasteiger partial charge in [-0.1, -0.05) is 23.7 Å². The van der Waals surface area contributed by atoms with Crippen LogP contribution in [0, 0.1) is 0 Å². The molecule has 1 aromatic rings. The molecule has 0 saturated carbocycles. The Balaban J connectivity index is 1.76. The van der Waals surface area contributed by atoms with E-state index in [4.69, 9.17) is 16.7 Å². The highest BCUT2D eigenvalue weighted by Crippen LogP contribution is 2.10. The average Bonchev–Trinajstić information content (AvgIpc) is 2.50. The lowest BCUT2D eigenvalue weighted by Crippen LogP contribution is -2.51. The fourth-order valence-corrected chi connectivity index (χ4v) is 2.32. The SMILES string of the molecule is O=C(N/C=C/c1ccc(Cl)cc1)N1CCN(CCO)CC1. The predicted octanol–water partition coefficient (Wildman–Crippen LogP) is 1.63. The molecule has 0 unspecified atom stereocenters. The summed E-state index contributed by atoms with van der Waals surface area (Å²) in [4.78, 5) is 15.9. The number of β-amino-alcohol motifs (C(OH)–C–C–N with tert-alkyl or cyclic N) is 1. The molecule has 5 nitrogen and oxygen atoms in total. The Hall–Kier alpha value is -1.56. The molecule has 1 heterocycles. The smallest absolute Gasteiger partial charge is 0.321 e. The van der Waals surface area contributed by atoms with Crippen LogP contribution in [-0.4, -0.2) is 60.3 Å². The van der Waals surface area contributed by atoms with Crippen LogP contribution >= 0.6 is 11.6 Å². The molecular weight excluding hydrogens is 290 g/mol. The Bertz CT molecular complexity index is 482. The number of piperazine rings is 1. The molecular formula is C15H20ClN3O2. The molecule has 1 saturated heterocycles. The summed E-state index contributed by atoms with van der Waals surface area (Å²) in [6.07, 6.45) is 3.47. The monoisotopic (exact) mass is 309 g/mol. The molecule has 0 aliphatic carbocycles. The van der Waals surface area contributed by atoms with Crippen LogP contribution in [0.5, 0.6) is 0 Å². The number of carbonyl (C=O) groups is 1. The van der Waals surface area contributed by atoms with Crippen LogP contribution in [0.2, 0.25) is 5.02 Å². The normalized spacial score (nSPS) is 16.4. The molecule has 0 aromatic heterocycles. The molecule has 1 aromatic carbocycles. The highest BCUT2D eigenvalue weighted by molar-refractivity contribution is 6.30. The minimum atomic E-state index is -0.0936. The summed E-state index contributed by atoms with van der Waals surface area (Å²) in [6.45, 7) is 3.80. The first-order valence-corrected chi connectivity index (χ1v) is 7.37. The van der Waals surface area contributed by atoms with Gasteiger partial charge in [-0.2, -0.15) is 0 Å². The lowest BCUT2D eigenvalue weighted by atomic mass is 10.2. The van der Waals surface area contributed by atoms with E-state index in [-0.39, 0.29) is 12.6 Å². The zero-order chi connectivity index (χ0) is 15.1. The van der Waals surface area contributed by atoms with E-state index in [1.54, 1.807) is 11.1 Å². The molecule has 0 spiro atoms. The van der Waals surface area contributed by atoms with Gasteiger partial charge in [-0.25, -0.2) is 4.79 Å². The van der Waals surface area contributed by atoms with E-state index in [1.807, 2.05) is 30.3 Å². The Kier molecular flexibility index (Phi) is 6.04. The van der Waals surface area contributed by atoms with Gasteiger partial charge in [0.25, 0.3) is 0 Å². The number of hydrogen-bond donors (Lipinski definition) is 2. The number of nitrogens with one attached hydrogen (secondary N) is 1. The van der Waals surface area contributed by atoms with Crippen LogP contribution in [0.1, 0.15) is 5.56 Å². The third-order valence-corrected chi connectivity index (χ3v) is 3.68. The van der Waals surface area contributed by atoms with Gasteiger partial charge >= 0.3 is 6.03 Å². The second-order valence-electron chi connectivity index (χ2n) is 4.89. The predicted molar refractivity (Wildman–Crippen MR) is 84.1 cm³/mol. The van der Waals surface area contributed by atoms with Gasteiger partial charge in [0, 0.05) is 43.9 Å². The number of halogens is 1. The van der Waals surface area contributed by atoms with Gasteiger partial charge in [0.15, 0.2) is 0 Å². The highest BCUT2D eigenvalue weighted by atomic mass is 35.5. The molecule has 2 N–H and O–H groups in total. The van der Waals surface area contributed by atoms with Crippen LogP contribution in [0.3, 0.4) is 0 Å². The molecule has 114 valence electrons. The third kappa shape index (κ3) is 5.04. The molecule has 1 fully saturated rings. The van der Waals surface area contributed by atoms with Gasteiger partial charge in [-0.3, -0.25) is 4.90 Å². The fraction of sp³-hybridized carbons (Fsp3) is 0.400. The van der Waals surface area contributed by atoms with Gasteiger partial charge in [0.05, 0.1) is 6.61 Å². The van der Waals surface area contributed by atoms with Crippen molar-refractivity contribution in [1.82, 2.24) is 15.1 Å². The quantitative estimate of drug-likeness (QED) is 0.889. The summed E-state index contributed by atoms with van der Waals surface area (Å²) in [5, 5.41) is 12.3. The van der Waals surface area contributed by atoms with Crippen molar-refractivity contribution in [2.75, 3.05) is 39.3 Å². The summed E-state index contributed by atoms with van der Waals surface area (Å²) < 4.78 is 0. The minimum absolute atomic E-state index is 0.0936. The lowest BCUT2D eigenvalue weighted by molar-refractivity contribution is 0.123. The van der Waals surface area contributed by atoms with Crippen molar-refractivity contribution in [2.45, 2.75) is 0 Å². The molecule has 0 atom stereocenters. The number of aliphatic hydroxyl groups is 1. The maximum Gasteiger partial charge on any atom is 0.321 e. The first-order valence-electron chi connectivity index (χ1n) is 7.00. The zero-order valence-electron chi connectivity index (χ0n) is 11.8. The van der Waals surface area contributed by atoms with E-state index < -0.39 is 0 Å². The topological polar surface area (TPSA) is 55.8 Å². The third-order valence-electron chi connectivity index (χ3n) is 3.43. The number of aliphatic hydroxyl groups excluding tert-OH is 1. The molecule has 0 radical (unpaired) electrons. The number of nitrogens with zero attached hydrogens (tertiary/aromatic N) is 2. The van der Waals surface area contributed by atoms with Crippen molar-refractivity contribution < 1.29 is 9.90 Å². The van der Waals surface area contributed by atoms with Crippen LogP contribution in [0.4, 0.5) is 4.79 Å². The van der Waals surface area contributed by atoms with Crippen molar-refractivity contribution in [3.63, 3.8) is 0 Å². The summed E-state index contributed by atoms with van der Waals surface area (Å²) >= 11 is 5.81. The molecule has 2 rings (SSSR count). The van der Waals surface area contributed by atoms with E-state index in [0.717, 1.165) is 18.7 Å². The second-order valence-corrected chi connectivity index (χ2v) is 5.32. The van der Waals surface area contributed by atoms with E-state index in [0.29, 0.717) is 24.7 Å². The minimum Gasteiger partial charge on any atom is -0.395 e. The first kappa shape index (κ1) is 15.8. The van der Waals surface area contributed by atoms with Crippen molar-refractivity contribution >= 4 is 23.7 Å². The number of rotatable bonds is 4. The van der Waals surface area contributed by atoms with Crippen molar-refractivity contribution in [2.24, 2.45) is 0 Å². The maximum absolute atomic E-state index is 12.0. The zero-order valence-corrected chi connectivity index (χ0v) is 12.6. The van der Waals surface area contributed by atoms with E-state index >= 15 is 0 Å². The number of benzene rings is 1. The van der Waals surface area contributed by atoms with Gasteiger partial charge < -0.3 is 15.3 Å². The molecule has 0 bridgehead atoms. The van der Waals surface area contributed by atoms with E-state index in [2.05, 4.69) is 10.2 Å². The second kappa shape index (κ2) is 8.02. The van der Waals surface area contributed by atoms with Gasteiger partial charge in [0.2, 0.25) is 0 Å². The van der Waals surface area contributed by atoms with Crippen molar-refractivity contribution in [3.8, 4) is 0 Å². The van der Waals surface area contributed by atoms with Crippen molar-refractivity contribution in [3.05, 3.63) is 41.1 Å². The molecule has 1 aliphatic heterocycles. The van der Waals surface area contributed by atoms with Crippen LogP contribution in [0.15, 0.2) is 30.5 Å². The van der Waals surface area contributed by atoms with Crippen LogP contribution in [-0.2, 0) is 0 Å². The number of urea groups is 1. The summed E-state index contributed by atoms with van der Waals surface area (Å²) in [5.41, 5.74) is 0.979. The Morgan fingerprint density at radius 1 is 1.24 bits per heavy atom. The van der Waals surface area contributed by atoms with Crippen LogP contribution in [0.25, 0.3) is 6.08 Å². The van der Waals surface area contributed by atoms with E-state index in [1.165, 1.54) is 0 Å². The number of amides is 2. The summed E-state index contributed by atoms with van der Waals surface area (Å²) in [5.74, 6) is 0.